The van der Waals surface area contributed by atoms with E-state index in [1.807, 2.05) is 32.9 Å². The summed E-state index contributed by atoms with van der Waals surface area (Å²) in [4.78, 5) is 22.2. The predicted molar refractivity (Wildman–Crippen MR) is 95.3 cm³/mol. The molecule has 0 atom stereocenters. The Morgan fingerprint density at radius 1 is 1.00 bits per heavy atom. The minimum Gasteiger partial charge on any atom is -0.456 e. The molecule has 0 heterocycles. The number of carbonyl (C=O) groups excluding carboxylic acids is 1. The summed E-state index contributed by atoms with van der Waals surface area (Å²) in [7, 11) is 0. The van der Waals surface area contributed by atoms with Crippen molar-refractivity contribution in [1.29, 1.82) is 0 Å². The van der Waals surface area contributed by atoms with E-state index in [0.717, 1.165) is 11.1 Å². The topological polar surface area (TPSA) is 81.5 Å². The molecule has 0 fully saturated rings. The Hall–Kier alpha value is -2.73. The number of nitrogens with one attached hydrogen (secondary N) is 1. The molecule has 0 saturated carbocycles. The highest BCUT2D eigenvalue weighted by Gasteiger charge is 2.17. The van der Waals surface area contributed by atoms with Gasteiger partial charge in [0, 0.05) is 25.2 Å². The van der Waals surface area contributed by atoms with Crippen LogP contribution < -0.4 is 5.32 Å². The van der Waals surface area contributed by atoms with E-state index in [1.54, 1.807) is 24.3 Å². The highest BCUT2D eigenvalue weighted by molar-refractivity contribution is 5.89. The lowest BCUT2D eigenvalue weighted by Crippen LogP contribution is -2.23. The van der Waals surface area contributed by atoms with E-state index in [1.165, 1.54) is 12.1 Å². The van der Waals surface area contributed by atoms with Crippen LogP contribution in [0.1, 0.15) is 42.3 Å². The number of nitro benzene ring substituents is 1. The second kappa shape index (κ2) is 7.90. The quantitative estimate of drug-likeness (QED) is 0.490. The Bertz CT molecular complexity index is 732. The molecule has 6 heteroatoms. The van der Waals surface area contributed by atoms with Crippen molar-refractivity contribution in [2.75, 3.05) is 0 Å². The molecule has 0 aliphatic heterocycles. The average Bonchev–Trinajstić information content (AvgIpc) is 2.54. The van der Waals surface area contributed by atoms with E-state index >= 15 is 0 Å². The van der Waals surface area contributed by atoms with Gasteiger partial charge in [-0.15, -0.1) is 0 Å². The van der Waals surface area contributed by atoms with Gasteiger partial charge in [0.15, 0.2) is 0 Å². The van der Waals surface area contributed by atoms with Gasteiger partial charge in [-0.3, -0.25) is 10.1 Å². The van der Waals surface area contributed by atoms with Crippen LogP contribution in [0.5, 0.6) is 0 Å². The Morgan fingerprint density at radius 3 is 1.92 bits per heavy atom. The highest BCUT2D eigenvalue weighted by Crippen LogP contribution is 2.14. The molecule has 0 saturated heterocycles. The van der Waals surface area contributed by atoms with Gasteiger partial charge < -0.3 is 10.1 Å². The minimum absolute atomic E-state index is 0.0847. The van der Waals surface area contributed by atoms with E-state index < -0.39 is 10.5 Å². The van der Waals surface area contributed by atoms with Crippen molar-refractivity contribution >= 4 is 11.7 Å². The second-order valence-corrected chi connectivity index (χ2v) is 6.73. The maximum atomic E-state index is 12.0. The second-order valence-electron chi connectivity index (χ2n) is 6.73. The van der Waals surface area contributed by atoms with Crippen LogP contribution in [-0.2, 0) is 17.8 Å². The Morgan fingerprint density at radius 2 is 1.48 bits per heavy atom. The smallest absolute Gasteiger partial charge is 0.338 e. The average molecular weight is 342 g/mol. The summed E-state index contributed by atoms with van der Waals surface area (Å²) in [5.41, 5.74) is 2.10. The lowest BCUT2D eigenvalue weighted by Gasteiger charge is -2.19. The van der Waals surface area contributed by atoms with Crippen molar-refractivity contribution in [1.82, 2.24) is 5.32 Å². The van der Waals surface area contributed by atoms with Crippen molar-refractivity contribution in [3.05, 3.63) is 75.3 Å². The lowest BCUT2D eigenvalue weighted by atomic mass is 10.1. The van der Waals surface area contributed by atoms with Crippen molar-refractivity contribution in [2.24, 2.45) is 0 Å². The number of nitro groups is 1. The molecule has 0 amide bonds. The molecule has 2 aromatic carbocycles. The highest BCUT2D eigenvalue weighted by atomic mass is 16.6. The third-order valence-electron chi connectivity index (χ3n) is 3.39. The fourth-order valence-corrected chi connectivity index (χ4v) is 2.18. The molecule has 132 valence electrons. The van der Waals surface area contributed by atoms with E-state index in [9.17, 15) is 14.9 Å². The van der Waals surface area contributed by atoms with Crippen molar-refractivity contribution < 1.29 is 14.5 Å². The van der Waals surface area contributed by atoms with Gasteiger partial charge in [0.1, 0.15) is 5.60 Å². The van der Waals surface area contributed by atoms with Crippen LogP contribution in [0.2, 0.25) is 0 Å². The molecule has 0 aromatic heterocycles. The molecule has 0 radical (unpaired) electrons. The fourth-order valence-electron chi connectivity index (χ4n) is 2.18. The van der Waals surface area contributed by atoms with Crippen molar-refractivity contribution in [3.63, 3.8) is 0 Å². The molecule has 0 spiro atoms. The number of carbonyl (C=O) groups is 1. The molecule has 0 unspecified atom stereocenters. The van der Waals surface area contributed by atoms with Gasteiger partial charge in [-0.05, 0) is 44.0 Å². The number of esters is 1. The van der Waals surface area contributed by atoms with Gasteiger partial charge in [0.05, 0.1) is 10.5 Å². The first kappa shape index (κ1) is 18.6. The summed E-state index contributed by atoms with van der Waals surface area (Å²) in [6.07, 6.45) is 0. The summed E-state index contributed by atoms with van der Waals surface area (Å²) >= 11 is 0. The molecule has 0 aliphatic carbocycles. The number of nitrogens with zero attached hydrogens (tertiary/aromatic N) is 1. The molecule has 0 aliphatic rings. The largest absolute Gasteiger partial charge is 0.456 e. The van der Waals surface area contributed by atoms with Crippen LogP contribution in [0.15, 0.2) is 48.5 Å². The zero-order valence-electron chi connectivity index (χ0n) is 14.6. The minimum atomic E-state index is -0.512. The molecule has 2 rings (SSSR count). The zero-order valence-corrected chi connectivity index (χ0v) is 14.6. The normalized spacial score (nSPS) is 11.2. The van der Waals surface area contributed by atoms with Crippen LogP contribution in [-0.4, -0.2) is 16.5 Å². The fraction of sp³-hybridized carbons (Fsp3) is 0.316. The van der Waals surface area contributed by atoms with Crippen LogP contribution in [0, 0.1) is 10.1 Å². The number of hydrogen-bond donors (Lipinski definition) is 1. The van der Waals surface area contributed by atoms with E-state index in [4.69, 9.17) is 4.74 Å². The monoisotopic (exact) mass is 342 g/mol. The number of ether oxygens (including phenoxy) is 1. The van der Waals surface area contributed by atoms with Gasteiger partial charge in [0.2, 0.25) is 0 Å². The van der Waals surface area contributed by atoms with Gasteiger partial charge in [-0.2, -0.15) is 0 Å². The van der Waals surface area contributed by atoms with E-state index in [0.29, 0.717) is 18.7 Å². The SMILES string of the molecule is CC(C)(C)OC(=O)c1ccc(CNCc2ccc([N+](=O)[O-])cc2)cc1. The maximum absolute atomic E-state index is 12.0. The van der Waals surface area contributed by atoms with Crippen molar-refractivity contribution in [3.8, 4) is 0 Å². The van der Waals surface area contributed by atoms with Gasteiger partial charge in [0.25, 0.3) is 5.69 Å². The van der Waals surface area contributed by atoms with Crippen LogP contribution in [0.4, 0.5) is 5.69 Å². The molecule has 1 N–H and O–H groups in total. The lowest BCUT2D eigenvalue weighted by molar-refractivity contribution is -0.384. The van der Waals surface area contributed by atoms with Crippen molar-refractivity contribution in [2.45, 2.75) is 39.5 Å². The van der Waals surface area contributed by atoms with E-state index in [2.05, 4.69) is 5.32 Å². The first-order chi connectivity index (χ1) is 11.7. The Labute approximate surface area is 147 Å². The number of rotatable bonds is 6. The third-order valence-corrected chi connectivity index (χ3v) is 3.39. The van der Waals surface area contributed by atoms with Gasteiger partial charge >= 0.3 is 5.97 Å². The summed E-state index contributed by atoms with van der Waals surface area (Å²) in [5.74, 6) is -0.335. The number of non-ortho nitro benzene ring substituents is 1. The maximum Gasteiger partial charge on any atom is 0.338 e. The van der Waals surface area contributed by atoms with Crippen LogP contribution in [0.25, 0.3) is 0 Å². The number of benzene rings is 2. The van der Waals surface area contributed by atoms with Gasteiger partial charge in [-0.25, -0.2) is 4.79 Å². The molecule has 25 heavy (non-hydrogen) atoms. The standard InChI is InChI=1S/C19H22N2O4/c1-19(2,3)25-18(22)16-8-4-14(5-9-16)12-20-13-15-6-10-17(11-7-15)21(23)24/h4-11,20H,12-13H2,1-3H3. The summed E-state index contributed by atoms with van der Waals surface area (Å²) in [5, 5.41) is 13.9. The summed E-state index contributed by atoms with van der Waals surface area (Å²) in [6.45, 7) is 6.74. The van der Waals surface area contributed by atoms with E-state index in [-0.39, 0.29) is 11.7 Å². The summed E-state index contributed by atoms with van der Waals surface area (Å²) in [6, 6.07) is 13.7. The third kappa shape index (κ3) is 6.00. The number of hydrogen-bond acceptors (Lipinski definition) is 5. The Balaban J connectivity index is 1.85. The first-order valence-corrected chi connectivity index (χ1v) is 8.01. The van der Waals surface area contributed by atoms with Crippen LogP contribution in [0.3, 0.4) is 0 Å². The van der Waals surface area contributed by atoms with Gasteiger partial charge in [-0.1, -0.05) is 24.3 Å². The molecule has 2 aromatic rings. The molecular weight excluding hydrogens is 320 g/mol. The zero-order chi connectivity index (χ0) is 18.4. The predicted octanol–water partition coefficient (Wildman–Crippen LogP) is 3.84. The molecule has 6 nitrogen and oxygen atoms in total. The first-order valence-electron chi connectivity index (χ1n) is 8.01. The summed E-state index contributed by atoms with van der Waals surface area (Å²) < 4.78 is 5.33. The van der Waals surface area contributed by atoms with Crippen LogP contribution >= 0.6 is 0 Å². The molecular formula is C19H22N2O4. The Kier molecular flexibility index (Phi) is 5.88. The molecule has 0 bridgehead atoms.